The molecule has 2 aromatic carbocycles. The van der Waals surface area contributed by atoms with Gasteiger partial charge in [0.1, 0.15) is 17.1 Å². The van der Waals surface area contributed by atoms with Gasteiger partial charge in [-0.2, -0.15) is 0 Å². The molecule has 7 nitrogen and oxygen atoms in total. The molecule has 0 saturated heterocycles. The zero-order chi connectivity index (χ0) is 20.7. The van der Waals surface area contributed by atoms with Gasteiger partial charge in [0.15, 0.2) is 0 Å². The highest BCUT2D eigenvalue weighted by Crippen LogP contribution is 2.28. The standard InChI is InChI=1S/C21H26N2O5/c1-21(2,3)28-20(25)23-17-13-15(8-11-18(17)27-5)22-19(24)12-14-6-9-16(26-4)10-7-14/h6-11,13H,12H2,1-5H3,(H,22,24)(H,23,25). The first-order chi connectivity index (χ1) is 13.2. The van der Waals surface area contributed by atoms with Gasteiger partial charge in [-0.15, -0.1) is 0 Å². The molecule has 0 atom stereocenters. The maximum atomic E-state index is 12.3. The molecule has 150 valence electrons. The molecule has 0 radical (unpaired) electrons. The first-order valence-electron chi connectivity index (χ1n) is 8.81. The van der Waals surface area contributed by atoms with E-state index in [0.29, 0.717) is 17.1 Å². The molecule has 0 bridgehead atoms. The predicted octanol–water partition coefficient (Wildman–Crippen LogP) is 4.23. The third-order valence-electron chi connectivity index (χ3n) is 3.64. The average Bonchev–Trinajstić information content (AvgIpc) is 2.61. The van der Waals surface area contributed by atoms with Crippen molar-refractivity contribution < 1.29 is 23.8 Å². The number of rotatable bonds is 6. The first-order valence-corrected chi connectivity index (χ1v) is 8.81. The largest absolute Gasteiger partial charge is 0.497 e. The van der Waals surface area contributed by atoms with Crippen LogP contribution in [0.1, 0.15) is 26.3 Å². The highest BCUT2D eigenvalue weighted by atomic mass is 16.6. The van der Waals surface area contributed by atoms with Gasteiger partial charge in [0.05, 0.1) is 26.3 Å². The average molecular weight is 386 g/mol. The van der Waals surface area contributed by atoms with Crippen LogP contribution in [0.4, 0.5) is 16.2 Å². The molecule has 2 N–H and O–H groups in total. The number of amides is 2. The number of ether oxygens (including phenoxy) is 3. The van der Waals surface area contributed by atoms with E-state index in [2.05, 4.69) is 10.6 Å². The van der Waals surface area contributed by atoms with E-state index < -0.39 is 11.7 Å². The van der Waals surface area contributed by atoms with Crippen molar-refractivity contribution in [1.82, 2.24) is 0 Å². The van der Waals surface area contributed by atoms with Gasteiger partial charge in [-0.05, 0) is 56.7 Å². The Hall–Kier alpha value is -3.22. The molecular weight excluding hydrogens is 360 g/mol. The summed E-state index contributed by atoms with van der Waals surface area (Å²) in [6, 6.07) is 12.3. The van der Waals surface area contributed by atoms with Crippen LogP contribution in [-0.2, 0) is 16.0 Å². The maximum Gasteiger partial charge on any atom is 0.412 e. The minimum absolute atomic E-state index is 0.182. The zero-order valence-corrected chi connectivity index (χ0v) is 16.8. The molecule has 0 fully saturated rings. The summed E-state index contributed by atoms with van der Waals surface area (Å²) in [5.74, 6) is 1.01. The van der Waals surface area contributed by atoms with Crippen molar-refractivity contribution in [3.63, 3.8) is 0 Å². The van der Waals surface area contributed by atoms with Crippen LogP contribution in [0.3, 0.4) is 0 Å². The van der Waals surface area contributed by atoms with Gasteiger partial charge in [-0.25, -0.2) is 4.79 Å². The van der Waals surface area contributed by atoms with E-state index in [4.69, 9.17) is 14.2 Å². The van der Waals surface area contributed by atoms with Crippen LogP contribution < -0.4 is 20.1 Å². The Morgan fingerprint density at radius 3 is 2.18 bits per heavy atom. The molecule has 28 heavy (non-hydrogen) atoms. The fourth-order valence-corrected chi connectivity index (χ4v) is 2.43. The fraction of sp³-hybridized carbons (Fsp3) is 0.333. The molecule has 2 amide bonds. The summed E-state index contributed by atoms with van der Waals surface area (Å²) in [7, 11) is 3.09. The summed E-state index contributed by atoms with van der Waals surface area (Å²) in [5.41, 5.74) is 1.17. The Labute approximate surface area is 165 Å². The number of carbonyl (C=O) groups excluding carboxylic acids is 2. The SMILES string of the molecule is COc1ccc(CC(=O)Nc2ccc(OC)c(NC(=O)OC(C)(C)C)c2)cc1. The zero-order valence-electron chi connectivity index (χ0n) is 16.8. The molecule has 0 aliphatic carbocycles. The van der Waals surface area contributed by atoms with Crippen LogP contribution in [0.25, 0.3) is 0 Å². The summed E-state index contributed by atoms with van der Waals surface area (Å²) >= 11 is 0. The van der Waals surface area contributed by atoms with Crippen molar-refractivity contribution in [2.45, 2.75) is 32.8 Å². The number of anilines is 2. The van der Waals surface area contributed by atoms with E-state index in [1.54, 1.807) is 58.2 Å². The number of benzene rings is 2. The van der Waals surface area contributed by atoms with Crippen LogP contribution >= 0.6 is 0 Å². The van der Waals surface area contributed by atoms with E-state index in [0.717, 1.165) is 11.3 Å². The molecule has 7 heteroatoms. The Morgan fingerprint density at radius 1 is 0.929 bits per heavy atom. The Morgan fingerprint density at radius 2 is 1.61 bits per heavy atom. The van der Waals surface area contributed by atoms with Gasteiger partial charge in [0, 0.05) is 5.69 Å². The molecule has 0 aromatic heterocycles. The maximum absolute atomic E-state index is 12.3. The molecule has 2 aromatic rings. The second-order valence-corrected chi connectivity index (χ2v) is 7.11. The van der Waals surface area contributed by atoms with Gasteiger partial charge in [0.2, 0.25) is 5.91 Å². The van der Waals surface area contributed by atoms with Gasteiger partial charge in [0.25, 0.3) is 0 Å². The van der Waals surface area contributed by atoms with E-state index in [9.17, 15) is 9.59 Å². The van der Waals surface area contributed by atoms with Gasteiger partial charge >= 0.3 is 6.09 Å². The molecule has 2 rings (SSSR count). The predicted molar refractivity (Wildman–Crippen MR) is 108 cm³/mol. The first kappa shape index (κ1) is 21.1. The lowest BCUT2D eigenvalue weighted by atomic mass is 10.1. The molecule has 0 saturated carbocycles. The third-order valence-corrected chi connectivity index (χ3v) is 3.64. The molecule has 0 unspecified atom stereocenters. The minimum Gasteiger partial charge on any atom is -0.497 e. The molecule has 0 aliphatic heterocycles. The Balaban J connectivity index is 2.06. The quantitative estimate of drug-likeness (QED) is 0.776. The molecule has 0 spiro atoms. The lowest BCUT2D eigenvalue weighted by Crippen LogP contribution is -2.27. The van der Waals surface area contributed by atoms with Crippen molar-refractivity contribution in [3.8, 4) is 11.5 Å². The van der Waals surface area contributed by atoms with E-state index in [-0.39, 0.29) is 12.3 Å². The second kappa shape index (κ2) is 9.12. The van der Waals surface area contributed by atoms with Crippen molar-refractivity contribution in [1.29, 1.82) is 0 Å². The normalized spacial score (nSPS) is 10.8. The van der Waals surface area contributed by atoms with Gasteiger partial charge in [-0.3, -0.25) is 10.1 Å². The van der Waals surface area contributed by atoms with Crippen molar-refractivity contribution in [2.24, 2.45) is 0 Å². The number of methoxy groups -OCH3 is 2. The minimum atomic E-state index is -0.624. The lowest BCUT2D eigenvalue weighted by molar-refractivity contribution is -0.115. The summed E-state index contributed by atoms with van der Waals surface area (Å²) in [6.45, 7) is 5.33. The molecule has 0 heterocycles. The smallest absolute Gasteiger partial charge is 0.412 e. The van der Waals surface area contributed by atoms with E-state index in [1.807, 2.05) is 12.1 Å². The summed E-state index contributed by atoms with van der Waals surface area (Å²) in [6.07, 6.45) is -0.391. The van der Waals surface area contributed by atoms with E-state index >= 15 is 0 Å². The van der Waals surface area contributed by atoms with Crippen LogP contribution in [-0.4, -0.2) is 31.8 Å². The van der Waals surface area contributed by atoms with Crippen molar-refractivity contribution >= 4 is 23.4 Å². The van der Waals surface area contributed by atoms with Crippen molar-refractivity contribution in [3.05, 3.63) is 48.0 Å². The molecule has 0 aliphatic rings. The van der Waals surface area contributed by atoms with Gasteiger partial charge in [-0.1, -0.05) is 12.1 Å². The van der Waals surface area contributed by atoms with Crippen LogP contribution in [0.5, 0.6) is 11.5 Å². The fourth-order valence-electron chi connectivity index (χ4n) is 2.43. The van der Waals surface area contributed by atoms with Crippen LogP contribution in [0.15, 0.2) is 42.5 Å². The van der Waals surface area contributed by atoms with Crippen LogP contribution in [0.2, 0.25) is 0 Å². The highest BCUT2D eigenvalue weighted by molar-refractivity contribution is 5.94. The summed E-state index contributed by atoms with van der Waals surface area (Å²) in [4.78, 5) is 24.4. The Bertz CT molecular complexity index is 826. The lowest BCUT2D eigenvalue weighted by Gasteiger charge is -2.20. The highest BCUT2D eigenvalue weighted by Gasteiger charge is 2.18. The number of hydrogen-bond donors (Lipinski definition) is 2. The number of nitrogens with one attached hydrogen (secondary N) is 2. The third kappa shape index (κ3) is 6.50. The number of hydrogen-bond acceptors (Lipinski definition) is 5. The topological polar surface area (TPSA) is 85.9 Å². The second-order valence-electron chi connectivity index (χ2n) is 7.11. The summed E-state index contributed by atoms with van der Waals surface area (Å²) in [5, 5.41) is 5.46. The van der Waals surface area contributed by atoms with Gasteiger partial charge < -0.3 is 19.5 Å². The summed E-state index contributed by atoms with van der Waals surface area (Å²) < 4.78 is 15.6. The van der Waals surface area contributed by atoms with E-state index in [1.165, 1.54) is 7.11 Å². The monoisotopic (exact) mass is 386 g/mol. The number of carbonyl (C=O) groups is 2. The van der Waals surface area contributed by atoms with Crippen molar-refractivity contribution in [2.75, 3.05) is 24.9 Å². The van der Waals surface area contributed by atoms with Crippen LogP contribution in [0, 0.1) is 0 Å². The molecular formula is C21H26N2O5. The Kier molecular flexibility index (Phi) is 6.87.